The lowest BCUT2D eigenvalue weighted by atomic mass is 10.1. The zero-order chi connectivity index (χ0) is 18.2. The Labute approximate surface area is 148 Å². The number of ether oxygens (including phenoxy) is 3. The minimum absolute atomic E-state index is 0.00630. The van der Waals surface area contributed by atoms with Gasteiger partial charge in [0.05, 0.1) is 27.4 Å². The normalized spacial score (nSPS) is 11.5. The van der Waals surface area contributed by atoms with Gasteiger partial charge in [-0.2, -0.15) is 0 Å². The number of methoxy groups -OCH3 is 3. The van der Waals surface area contributed by atoms with E-state index < -0.39 is 0 Å². The quantitative estimate of drug-likeness (QED) is 0.797. The van der Waals surface area contributed by atoms with Gasteiger partial charge in [0.25, 0.3) is 0 Å². The molecule has 1 atom stereocenters. The fourth-order valence-electron chi connectivity index (χ4n) is 2.65. The van der Waals surface area contributed by atoms with Gasteiger partial charge in [0.15, 0.2) is 0 Å². The van der Waals surface area contributed by atoms with Crippen molar-refractivity contribution in [3.05, 3.63) is 53.6 Å². The first-order chi connectivity index (χ1) is 12.1. The molecule has 25 heavy (non-hydrogen) atoms. The summed E-state index contributed by atoms with van der Waals surface area (Å²) in [5.74, 6) is 2.21. The Morgan fingerprint density at radius 1 is 1.00 bits per heavy atom. The van der Waals surface area contributed by atoms with Gasteiger partial charge >= 0.3 is 0 Å². The summed E-state index contributed by atoms with van der Waals surface area (Å²) >= 11 is 0. The number of benzene rings is 2. The van der Waals surface area contributed by atoms with E-state index in [0.717, 1.165) is 22.6 Å². The molecular weight excluding hydrogens is 318 g/mol. The molecule has 134 valence electrons. The Morgan fingerprint density at radius 3 is 2.40 bits per heavy atom. The Balaban J connectivity index is 1.95. The molecular formula is C20H25NO4. The summed E-state index contributed by atoms with van der Waals surface area (Å²) in [5.41, 5.74) is 1.99. The van der Waals surface area contributed by atoms with Crippen molar-refractivity contribution >= 4 is 5.91 Å². The van der Waals surface area contributed by atoms with Crippen molar-refractivity contribution in [2.24, 2.45) is 0 Å². The first-order valence-electron chi connectivity index (χ1n) is 8.21. The highest BCUT2D eigenvalue weighted by Crippen LogP contribution is 2.29. The molecule has 0 radical (unpaired) electrons. The maximum Gasteiger partial charge on any atom is 0.220 e. The van der Waals surface area contributed by atoms with E-state index in [4.69, 9.17) is 14.2 Å². The van der Waals surface area contributed by atoms with Crippen LogP contribution in [-0.2, 0) is 11.2 Å². The van der Waals surface area contributed by atoms with E-state index in [0.29, 0.717) is 18.6 Å². The largest absolute Gasteiger partial charge is 0.497 e. The van der Waals surface area contributed by atoms with Crippen molar-refractivity contribution in [1.29, 1.82) is 0 Å². The Morgan fingerprint density at radius 2 is 1.72 bits per heavy atom. The molecule has 0 saturated heterocycles. The molecule has 1 unspecified atom stereocenters. The summed E-state index contributed by atoms with van der Waals surface area (Å²) in [6, 6.07) is 13.2. The van der Waals surface area contributed by atoms with Crippen molar-refractivity contribution < 1.29 is 19.0 Å². The van der Waals surface area contributed by atoms with Crippen LogP contribution in [0, 0.1) is 0 Å². The molecule has 0 aliphatic rings. The molecule has 5 heteroatoms. The van der Waals surface area contributed by atoms with E-state index in [1.165, 1.54) is 0 Å². The molecule has 2 rings (SSSR count). The number of aryl methyl sites for hydroxylation is 1. The monoisotopic (exact) mass is 343 g/mol. The topological polar surface area (TPSA) is 56.8 Å². The van der Waals surface area contributed by atoms with Gasteiger partial charge in [-0.1, -0.05) is 12.1 Å². The van der Waals surface area contributed by atoms with Crippen molar-refractivity contribution in [3.8, 4) is 17.2 Å². The van der Waals surface area contributed by atoms with Gasteiger partial charge in [-0.3, -0.25) is 4.79 Å². The van der Waals surface area contributed by atoms with E-state index in [1.807, 2.05) is 49.4 Å². The minimum Gasteiger partial charge on any atom is -0.497 e. The Bertz CT molecular complexity index is 715. The maximum absolute atomic E-state index is 12.3. The highest BCUT2D eigenvalue weighted by Gasteiger charge is 2.15. The molecule has 0 aliphatic heterocycles. The van der Waals surface area contributed by atoms with Gasteiger partial charge in [-0.15, -0.1) is 0 Å². The summed E-state index contributed by atoms with van der Waals surface area (Å²) in [7, 11) is 4.85. The SMILES string of the molecule is COc1cccc(CCC(=O)NC(C)c2ccc(OC)cc2OC)c1. The standard InChI is InChI=1S/C20H25NO4/c1-14(18-10-9-17(24-3)13-19(18)25-4)21-20(22)11-8-15-6-5-7-16(12-15)23-2/h5-7,9-10,12-14H,8,11H2,1-4H3,(H,21,22). The van der Waals surface area contributed by atoms with E-state index in [-0.39, 0.29) is 11.9 Å². The number of carbonyl (C=O) groups is 1. The number of amides is 1. The lowest BCUT2D eigenvalue weighted by Gasteiger charge is -2.18. The number of rotatable bonds is 8. The number of hydrogen-bond donors (Lipinski definition) is 1. The van der Waals surface area contributed by atoms with Crippen LogP contribution < -0.4 is 19.5 Å². The second kappa shape index (κ2) is 8.97. The smallest absolute Gasteiger partial charge is 0.220 e. The molecule has 5 nitrogen and oxygen atoms in total. The zero-order valence-corrected chi connectivity index (χ0v) is 15.2. The van der Waals surface area contributed by atoms with Gasteiger partial charge < -0.3 is 19.5 Å². The molecule has 0 fully saturated rings. The first-order valence-corrected chi connectivity index (χ1v) is 8.21. The maximum atomic E-state index is 12.3. The second-order valence-electron chi connectivity index (χ2n) is 5.75. The number of hydrogen-bond acceptors (Lipinski definition) is 4. The number of nitrogens with one attached hydrogen (secondary N) is 1. The average molecular weight is 343 g/mol. The van der Waals surface area contributed by atoms with Crippen LogP contribution in [0.2, 0.25) is 0 Å². The summed E-state index contributed by atoms with van der Waals surface area (Å²) in [6.45, 7) is 1.94. The van der Waals surface area contributed by atoms with Crippen LogP contribution in [0.4, 0.5) is 0 Å². The zero-order valence-electron chi connectivity index (χ0n) is 15.2. The molecule has 0 spiro atoms. The van der Waals surface area contributed by atoms with E-state index >= 15 is 0 Å². The predicted octanol–water partition coefficient (Wildman–Crippen LogP) is 3.52. The molecule has 0 saturated carbocycles. The minimum atomic E-state index is -0.154. The molecule has 0 aromatic heterocycles. The van der Waals surface area contributed by atoms with Crippen LogP contribution in [0.25, 0.3) is 0 Å². The molecule has 0 bridgehead atoms. The fourth-order valence-corrected chi connectivity index (χ4v) is 2.65. The van der Waals surface area contributed by atoms with Gasteiger partial charge in [0.2, 0.25) is 5.91 Å². The summed E-state index contributed by atoms with van der Waals surface area (Å²) in [5, 5.41) is 3.02. The van der Waals surface area contributed by atoms with E-state index in [1.54, 1.807) is 21.3 Å². The number of carbonyl (C=O) groups excluding carboxylic acids is 1. The molecule has 0 heterocycles. The van der Waals surface area contributed by atoms with Crippen LogP contribution in [0.15, 0.2) is 42.5 Å². The van der Waals surface area contributed by atoms with Crippen molar-refractivity contribution in [2.45, 2.75) is 25.8 Å². The Kier molecular flexibility index (Phi) is 6.69. The van der Waals surface area contributed by atoms with Crippen LogP contribution in [0.5, 0.6) is 17.2 Å². The lowest BCUT2D eigenvalue weighted by molar-refractivity contribution is -0.121. The van der Waals surface area contributed by atoms with Crippen LogP contribution >= 0.6 is 0 Å². The van der Waals surface area contributed by atoms with E-state index in [2.05, 4.69) is 5.32 Å². The highest BCUT2D eigenvalue weighted by atomic mass is 16.5. The third kappa shape index (κ3) is 5.14. The summed E-state index contributed by atoms with van der Waals surface area (Å²) in [6.07, 6.45) is 1.07. The predicted molar refractivity (Wildman–Crippen MR) is 97.4 cm³/mol. The van der Waals surface area contributed by atoms with Gasteiger partial charge in [0.1, 0.15) is 17.2 Å². The van der Waals surface area contributed by atoms with Crippen LogP contribution in [0.3, 0.4) is 0 Å². The third-order valence-corrected chi connectivity index (χ3v) is 4.06. The summed E-state index contributed by atoms with van der Waals surface area (Å²) < 4.78 is 15.8. The lowest BCUT2D eigenvalue weighted by Crippen LogP contribution is -2.27. The summed E-state index contributed by atoms with van der Waals surface area (Å²) in [4.78, 5) is 12.3. The first kappa shape index (κ1) is 18.6. The molecule has 0 aliphatic carbocycles. The average Bonchev–Trinajstić information content (AvgIpc) is 2.65. The Hall–Kier alpha value is -2.69. The van der Waals surface area contributed by atoms with Crippen molar-refractivity contribution in [3.63, 3.8) is 0 Å². The van der Waals surface area contributed by atoms with Crippen molar-refractivity contribution in [2.75, 3.05) is 21.3 Å². The molecule has 1 amide bonds. The van der Waals surface area contributed by atoms with Gasteiger partial charge in [-0.05, 0) is 43.2 Å². The molecule has 2 aromatic carbocycles. The second-order valence-corrected chi connectivity index (χ2v) is 5.75. The fraction of sp³-hybridized carbons (Fsp3) is 0.350. The van der Waals surface area contributed by atoms with Gasteiger partial charge in [-0.25, -0.2) is 0 Å². The van der Waals surface area contributed by atoms with Crippen LogP contribution in [-0.4, -0.2) is 27.2 Å². The highest BCUT2D eigenvalue weighted by molar-refractivity contribution is 5.76. The molecule has 1 N–H and O–H groups in total. The van der Waals surface area contributed by atoms with Crippen LogP contribution in [0.1, 0.15) is 30.5 Å². The molecule has 2 aromatic rings. The van der Waals surface area contributed by atoms with Gasteiger partial charge in [0, 0.05) is 18.1 Å². The third-order valence-electron chi connectivity index (χ3n) is 4.06. The van der Waals surface area contributed by atoms with E-state index in [9.17, 15) is 4.79 Å². The van der Waals surface area contributed by atoms with Crippen molar-refractivity contribution in [1.82, 2.24) is 5.32 Å².